The molecule has 1 aromatic carbocycles. The first-order valence-electron chi connectivity index (χ1n) is 6.89. The van der Waals surface area contributed by atoms with Gasteiger partial charge in [-0.05, 0) is 33.8 Å². The lowest BCUT2D eigenvalue weighted by molar-refractivity contribution is 0.128. The highest BCUT2D eigenvalue weighted by Gasteiger charge is 2.18. The lowest BCUT2D eigenvalue weighted by Crippen LogP contribution is -2.12. The van der Waals surface area contributed by atoms with E-state index in [2.05, 4.69) is 39.7 Å². The van der Waals surface area contributed by atoms with Gasteiger partial charge in [0.2, 0.25) is 0 Å². The highest BCUT2D eigenvalue weighted by Crippen LogP contribution is 2.26. The number of methoxy groups -OCH3 is 1. The van der Waals surface area contributed by atoms with Crippen molar-refractivity contribution in [1.29, 1.82) is 0 Å². The number of ether oxygens (including phenoxy) is 1. The van der Waals surface area contributed by atoms with Gasteiger partial charge in [0.05, 0.1) is 4.47 Å². The number of halogens is 1. The number of rotatable bonds is 5. The fraction of sp³-hybridized carbons (Fsp3) is 0.375. The Morgan fingerprint density at radius 1 is 1.29 bits per heavy atom. The number of nitrogens with zero attached hydrogens (tertiary/aromatic N) is 1. The van der Waals surface area contributed by atoms with Gasteiger partial charge in [0.25, 0.3) is 0 Å². The van der Waals surface area contributed by atoms with Crippen molar-refractivity contribution in [3.63, 3.8) is 0 Å². The molecular formula is C16H19BrN2OS. The number of hydrogen-bond donors (Lipinski definition) is 1. The Labute approximate surface area is 138 Å². The number of aromatic amines is 1. The fourth-order valence-corrected chi connectivity index (χ4v) is 2.80. The van der Waals surface area contributed by atoms with Gasteiger partial charge < -0.3 is 9.72 Å². The number of nitrogens with one attached hydrogen (secondary N) is 1. The molecule has 0 saturated carbocycles. The zero-order chi connectivity index (χ0) is 15.4. The Morgan fingerprint density at radius 2 is 1.95 bits per heavy atom. The maximum absolute atomic E-state index is 5.62. The Balaban J connectivity index is 2.47. The van der Waals surface area contributed by atoms with E-state index in [1.807, 2.05) is 30.3 Å². The van der Waals surface area contributed by atoms with Crippen LogP contribution in [0.4, 0.5) is 0 Å². The van der Waals surface area contributed by atoms with Crippen LogP contribution in [0.15, 0.2) is 34.8 Å². The van der Waals surface area contributed by atoms with E-state index in [1.165, 1.54) is 0 Å². The molecule has 0 fully saturated rings. The molecule has 112 valence electrons. The van der Waals surface area contributed by atoms with Crippen LogP contribution in [0, 0.1) is 10.6 Å². The monoisotopic (exact) mass is 366 g/mol. The van der Waals surface area contributed by atoms with E-state index in [1.54, 1.807) is 7.11 Å². The number of benzene rings is 1. The van der Waals surface area contributed by atoms with E-state index in [-0.39, 0.29) is 6.10 Å². The summed E-state index contributed by atoms with van der Waals surface area (Å²) in [4.78, 5) is 7.86. The van der Waals surface area contributed by atoms with Gasteiger partial charge in [-0.1, -0.05) is 56.4 Å². The van der Waals surface area contributed by atoms with Gasteiger partial charge in [-0.3, -0.25) is 0 Å². The van der Waals surface area contributed by atoms with Gasteiger partial charge >= 0.3 is 0 Å². The van der Waals surface area contributed by atoms with Gasteiger partial charge in [-0.2, -0.15) is 0 Å². The zero-order valence-electron chi connectivity index (χ0n) is 12.4. The highest BCUT2D eigenvalue weighted by atomic mass is 79.9. The molecule has 2 rings (SSSR count). The number of hydrogen-bond acceptors (Lipinski definition) is 3. The molecular weight excluding hydrogens is 348 g/mol. The maximum atomic E-state index is 5.62. The molecule has 1 unspecified atom stereocenters. The number of H-pyrrole nitrogens is 1. The van der Waals surface area contributed by atoms with Gasteiger partial charge in [0, 0.05) is 12.8 Å². The van der Waals surface area contributed by atoms with E-state index in [4.69, 9.17) is 17.0 Å². The Hall–Kier alpha value is -1.04. The van der Waals surface area contributed by atoms with Gasteiger partial charge in [-0.15, -0.1) is 0 Å². The van der Waals surface area contributed by atoms with Gasteiger partial charge in [-0.25, -0.2) is 4.98 Å². The minimum absolute atomic E-state index is 0.244. The maximum Gasteiger partial charge on any atom is 0.144 e. The van der Waals surface area contributed by atoms with E-state index >= 15 is 0 Å². The smallest absolute Gasteiger partial charge is 0.144 e. The molecule has 1 N–H and O–H groups in total. The van der Waals surface area contributed by atoms with Crippen LogP contribution in [0.1, 0.15) is 37.0 Å². The molecule has 0 aliphatic heterocycles. The molecule has 0 saturated heterocycles. The minimum atomic E-state index is -0.244. The molecule has 0 radical (unpaired) electrons. The lowest BCUT2D eigenvalue weighted by atomic mass is 10.1. The Morgan fingerprint density at radius 3 is 2.52 bits per heavy atom. The molecule has 0 spiro atoms. The van der Waals surface area contributed by atoms with Crippen molar-refractivity contribution in [3.8, 4) is 0 Å². The Bertz CT molecular complexity index is 655. The van der Waals surface area contributed by atoms with Crippen LogP contribution < -0.4 is 0 Å². The minimum Gasteiger partial charge on any atom is -0.369 e. The summed E-state index contributed by atoms with van der Waals surface area (Å²) in [5.41, 5.74) is 2.12. The molecule has 1 heterocycles. The summed E-state index contributed by atoms with van der Waals surface area (Å²) in [5, 5.41) is 0. The standard InChI is InChI=1S/C16H19BrN2OS/c1-10(2)9-12-13(17)16(21)19-15(18-12)14(20-3)11-7-5-4-6-8-11/h4-8,10,14H,9H2,1-3H3,(H,18,19,21). The van der Waals surface area contributed by atoms with Crippen molar-refractivity contribution >= 4 is 28.1 Å². The van der Waals surface area contributed by atoms with Crippen LogP contribution in [0.2, 0.25) is 0 Å². The average Bonchev–Trinajstić information content (AvgIpc) is 2.45. The first-order chi connectivity index (χ1) is 10.0. The SMILES string of the molecule is COC(c1ccccc1)c1nc(=S)c(Br)c(CC(C)C)[nH]1. The second-order valence-corrected chi connectivity index (χ2v) is 6.52. The quantitative estimate of drug-likeness (QED) is 0.769. The van der Waals surface area contributed by atoms with Crippen LogP contribution in [0.25, 0.3) is 0 Å². The summed E-state index contributed by atoms with van der Waals surface area (Å²) in [7, 11) is 1.68. The normalized spacial score (nSPS) is 12.6. The lowest BCUT2D eigenvalue weighted by Gasteiger charge is -2.17. The van der Waals surface area contributed by atoms with E-state index in [9.17, 15) is 0 Å². The third-order valence-corrected chi connectivity index (χ3v) is 4.56. The molecule has 0 aliphatic rings. The summed E-state index contributed by atoms with van der Waals surface area (Å²) in [6.07, 6.45) is 0.664. The molecule has 1 aromatic heterocycles. The molecule has 0 amide bonds. The van der Waals surface area contributed by atoms with Crippen molar-refractivity contribution in [2.24, 2.45) is 5.92 Å². The molecule has 21 heavy (non-hydrogen) atoms. The number of aromatic nitrogens is 2. The second-order valence-electron chi connectivity index (χ2n) is 5.34. The largest absolute Gasteiger partial charge is 0.369 e. The third kappa shape index (κ3) is 3.99. The van der Waals surface area contributed by atoms with Crippen LogP contribution >= 0.6 is 28.1 Å². The fourth-order valence-electron chi connectivity index (χ4n) is 2.23. The van der Waals surface area contributed by atoms with E-state index in [0.29, 0.717) is 10.6 Å². The van der Waals surface area contributed by atoms with E-state index < -0.39 is 0 Å². The van der Waals surface area contributed by atoms with Crippen molar-refractivity contribution in [3.05, 3.63) is 56.5 Å². The predicted molar refractivity (Wildman–Crippen MR) is 91.0 cm³/mol. The summed E-state index contributed by atoms with van der Waals surface area (Å²) >= 11 is 8.90. The second kappa shape index (κ2) is 7.29. The summed E-state index contributed by atoms with van der Waals surface area (Å²) in [6.45, 7) is 4.35. The Kier molecular flexibility index (Phi) is 5.67. The molecule has 5 heteroatoms. The highest BCUT2D eigenvalue weighted by molar-refractivity contribution is 9.10. The predicted octanol–water partition coefficient (Wildman–Crippen LogP) is 4.84. The first-order valence-corrected chi connectivity index (χ1v) is 8.09. The van der Waals surface area contributed by atoms with E-state index in [0.717, 1.165) is 28.0 Å². The summed E-state index contributed by atoms with van der Waals surface area (Å²) in [6, 6.07) is 10.0. The van der Waals surface area contributed by atoms with Gasteiger partial charge in [0.15, 0.2) is 0 Å². The molecule has 0 bridgehead atoms. The first kappa shape index (κ1) is 16.3. The molecule has 2 aromatic rings. The van der Waals surface area contributed by atoms with Crippen LogP contribution in [-0.2, 0) is 11.2 Å². The van der Waals surface area contributed by atoms with Crippen LogP contribution in [0.5, 0.6) is 0 Å². The average molecular weight is 367 g/mol. The van der Waals surface area contributed by atoms with Crippen molar-refractivity contribution in [1.82, 2.24) is 9.97 Å². The zero-order valence-corrected chi connectivity index (χ0v) is 14.8. The van der Waals surface area contributed by atoms with Crippen molar-refractivity contribution < 1.29 is 4.74 Å². The van der Waals surface area contributed by atoms with Crippen LogP contribution in [0.3, 0.4) is 0 Å². The topological polar surface area (TPSA) is 37.9 Å². The van der Waals surface area contributed by atoms with Crippen molar-refractivity contribution in [2.75, 3.05) is 7.11 Å². The molecule has 0 aliphatic carbocycles. The molecule has 1 atom stereocenters. The van der Waals surface area contributed by atoms with Gasteiger partial charge in [0.1, 0.15) is 16.6 Å². The van der Waals surface area contributed by atoms with Crippen LogP contribution in [-0.4, -0.2) is 17.1 Å². The third-order valence-electron chi connectivity index (χ3n) is 3.15. The van der Waals surface area contributed by atoms with Crippen molar-refractivity contribution in [2.45, 2.75) is 26.4 Å². The summed E-state index contributed by atoms with van der Waals surface area (Å²) in [5.74, 6) is 1.27. The summed E-state index contributed by atoms with van der Waals surface area (Å²) < 4.78 is 7.06. The molecule has 3 nitrogen and oxygen atoms in total.